The highest BCUT2D eigenvalue weighted by molar-refractivity contribution is 5.86. The van der Waals surface area contributed by atoms with E-state index in [9.17, 15) is 14.4 Å². The number of hydrogen-bond acceptors (Lipinski definition) is 5. The van der Waals surface area contributed by atoms with Gasteiger partial charge in [0.05, 0.1) is 32.7 Å². The van der Waals surface area contributed by atoms with Crippen molar-refractivity contribution >= 4 is 30.2 Å². The minimum atomic E-state index is -0.538. The third-order valence-corrected chi connectivity index (χ3v) is 3.74. The van der Waals surface area contributed by atoms with Crippen LogP contribution >= 0.6 is 12.4 Å². The average Bonchev–Trinajstić information content (AvgIpc) is 2.58. The lowest BCUT2D eigenvalue weighted by Crippen LogP contribution is -2.41. The molecule has 8 heteroatoms. The molecule has 1 aromatic rings. The second kappa shape index (κ2) is 10.8. The highest BCUT2D eigenvalue weighted by Gasteiger charge is 2.20. The number of nitrogens with one attached hydrogen (secondary N) is 2. The van der Waals surface area contributed by atoms with E-state index in [0.29, 0.717) is 0 Å². The zero-order valence-corrected chi connectivity index (χ0v) is 16.4. The maximum Gasteiger partial charge on any atom is 0.307 e. The van der Waals surface area contributed by atoms with Gasteiger partial charge < -0.3 is 21.1 Å². The Bertz CT molecular complexity index is 612. The molecule has 0 saturated carbocycles. The summed E-state index contributed by atoms with van der Waals surface area (Å²) in [4.78, 5) is 34.8. The molecule has 0 fully saturated rings. The molecule has 0 aliphatic heterocycles. The molecule has 1 atom stereocenters. The van der Waals surface area contributed by atoms with Crippen LogP contribution in [0.1, 0.15) is 44.4 Å². The van der Waals surface area contributed by atoms with Crippen molar-refractivity contribution < 1.29 is 19.1 Å². The number of esters is 1. The highest BCUT2D eigenvalue weighted by Crippen LogP contribution is 2.25. The maximum atomic E-state index is 12.0. The van der Waals surface area contributed by atoms with Crippen molar-refractivity contribution in [3.63, 3.8) is 0 Å². The monoisotopic (exact) mass is 385 g/mol. The average molecular weight is 386 g/mol. The molecule has 1 unspecified atom stereocenters. The molecule has 1 rings (SSSR count). The van der Waals surface area contributed by atoms with Crippen LogP contribution in [0.2, 0.25) is 0 Å². The number of rotatable bonds is 7. The molecule has 0 radical (unpaired) electrons. The summed E-state index contributed by atoms with van der Waals surface area (Å²) in [6.07, 6.45) is 0.00192. The van der Waals surface area contributed by atoms with Crippen molar-refractivity contribution in [1.29, 1.82) is 0 Å². The fourth-order valence-corrected chi connectivity index (χ4v) is 2.21. The third kappa shape index (κ3) is 7.84. The summed E-state index contributed by atoms with van der Waals surface area (Å²) in [6, 6.07) is 7.17. The smallest absolute Gasteiger partial charge is 0.307 e. The van der Waals surface area contributed by atoms with Crippen molar-refractivity contribution in [2.75, 3.05) is 20.2 Å². The molecule has 7 nitrogen and oxygen atoms in total. The van der Waals surface area contributed by atoms with Crippen LogP contribution in [0, 0.1) is 0 Å². The number of halogens is 1. The topological polar surface area (TPSA) is 111 Å². The van der Waals surface area contributed by atoms with Gasteiger partial charge in [0.2, 0.25) is 11.8 Å². The van der Waals surface area contributed by atoms with Crippen LogP contribution in [0.3, 0.4) is 0 Å². The maximum absolute atomic E-state index is 12.0. The summed E-state index contributed by atoms with van der Waals surface area (Å²) in [7, 11) is 1.30. The molecular weight excluding hydrogens is 358 g/mol. The molecule has 0 spiro atoms. The fourth-order valence-electron chi connectivity index (χ4n) is 2.21. The Balaban J connectivity index is 0.00000625. The fraction of sp³-hybridized carbons (Fsp3) is 0.500. The molecule has 26 heavy (non-hydrogen) atoms. The number of ether oxygens (including phenoxy) is 1. The SMILES string of the molecule is COC(=O)CC(NC(=O)CNC(=O)CN)c1ccc(C(C)(C)C)cc1.Cl. The van der Waals surface area contributed by atoms with E-state index in [-0.39, 0.29) is 37.3 Å². The predicted molar refractivity (Wildman–Crippen MR) is 102 cm³/mol. The van der Waals surface area contributed by atoms with Gasteiger partial charge in [0.15, 0.2) is 0 Å². The normalized spacial score (nSPS) is 11.7. The molecule has 4 N–H and O–H groups in total. The molecule has 2 amide bonds. The minimum Gasteiger partial charge on any atom is -0.469 e. The van der Waals surface area contributed by atoms with Crippen LogP contribution in [0.15, 0.2) is 24.3 Å². The zero-order chi connectivity index (χ0) is 19.0. The van der Waals surface area contributed by atoms with Gasteiger partial charge in [0.25, 0.3) is 0 Å². The summed E-state index contributed by atoms with van der Waals surface area (Å²) in [5, 5.41) is 5.13. The van der Waals surface area contributed by atoms with E-state index in [1.54, 1.807) is 0 Å². The number of methoxy groups -OCH3 is 1. The van der Waals surface area contributed by atoms with Crippen molar-refractivity contribution in [3.05, 3.63) is 35.4 Å². The summed E-state index contributed by atoms with van der Waals surface area (Å²) in [5.74, 6) is -1.26. The molecule has 1 aromatic carbocycles. The van der Waals surface area contributed by atoms with Crippen LogP contribution in [-0.4, -0.2) is 38.0 Å². The first kappa shape index (κ1) is 23.9. The second-order valence-corrected chi connectivity index (χ2v) is 6.75. The Labute approximate surface area is 160 Å². The molecule has 146 valence electrons. The van der Waals surface area contributed by atoms with Crippen molar-refractivity contribution in [2.24, 2.45) is 5.73 Å². The van der Waals surface area contributed by atoms with Crippen LogP contribution in [0.4, 0.5) is 0 Å². The number of carbonyl (C=O) groups excluding carboxylic acids is 3. The van der Waals surface area contributed by atoms with Crippen LogP contribution in [0.25, 0.3) is 0 Å². The van der Waals surface area contributed by atoms with Crippen molar-refractivity contribution in [2.45, 2.75) is 38.6 Å². The van der Waals surface area contributed by atoms with E-state index in [4.69, 9.17) is 10.5 Å². The van der Waals surface area contributed by atoms with Gasteiger partial charge in [-0.3, -0.25) is 14.4 Å². The first-order chi connectivity index (χ1) is 11.7. The standard InChI is InChI=1S/C18H27N3O4.ClH/c1-18(2,3)13-7-5-12(6-8-13)14(9-17(24)25-4)21-16(23)11-20-15(22)10-19;/h5-8,14H,9-11,19H2,1-4H3,(H,20,22)(H,21,23);1H. The van der Waals surface area contributed by atoms with Crippen molar-refractivity contribution in [3.8, 4) is 0 Å². The molecule has 0 bridgehead atoms. The lowest BCUT2D eigenvalue weighted by atomic mass is 9.86. The Kier molecular flexibility index (Phi) is 9.90. The van der Waals surface area contributed by atoms with Crippen LogP contribution in [0.5, 0.6) is 0 Å². The largest absolute Gasteiger partial charge is 0.469 e. The Morgan fingerprint density at radius 2 is 1.69 bits per heavy atom. The van der Waals surface area contributed by atoms with Gasteiger partial charge >= 0.3 is 5.97 Å². The lowest BCUT2D eigenvalue weighted by Gasteiger charge is -2.22. The van der Waals surface area contributed by atoms with Crippen molar-refractivity contribution in [1.82, 2.24) is 10.6 Å². The molecule has 0 aromatic heterocycles. The molecule has 0 aliphatic carbocycles. The summed E-state index contributed by atoms with van der Waals surface area (Å²) in [6.45, 7) is 5.93. The number of nitrogens with two attached hydrogens (primary N) is 1. The van der Waals surface area contributed by atoms with Gasteiger partial charge in [-0.2, -0.15) is 0 Å². The minimum absolute atomic E-state index is 0. The quantitative estimate of drug-likeness (QED) is 0.611. The summed E-state index contributed by atoms with van der Waals surface area (Å²) < 4.78 is 4.70. The number of amides is 2. The predicted octanol–water partition coefficient (Wildman–Crippen LogP) is 1.20. The number of benzene rings is 1. The Morgan fingerprint density at radius 1 is 1.12 bits per heavy atom. The van der Waals surface area contributed by atoms with E-state index < -0.39 is 23.8 Å². The Morgan fingerprint density at radius 3 is 2.15 bits per heavy atom. The van der Waals surface area contributed by atoms with E-state index in [2.05, 4.69) is 31.4 Å². The van der Waals surface area contributed by atoms with Gasteiger partial charge in [-0.05, 0) is 16.5 Å². The first-order valence-electron chi connectivity index (χ1n) is 8.10. The molecule has 0 heterocycles. The first-order valence-corrected chi connectivity index (χ1v) is 8.10. The Hall–Kier alpha value is -2.12. The summed E-state index contributed by atoms with van der Waals surface area (Å²) in [5.41, 5.74) is 7.12. The van der Waals surface area contributed by atoms with Crippen LogP contribution < -0.4 is 16.4 Å². The van der Waals surface area contributed by atoms with Gasteiger partial charge in [-0.25, -0.2) is 0 Å². The van der Waals surface area contributed by atoms with Gasteiger partial charge in [0.1, 0.15) is 0 Å². The van der Waals surface area contributed by atoms with E-state index in [0.717, 1.165) is 11.1 Å². The van der Waals surface area contributed by atoms with Gasteiger partial charge in [0, 0.05) is 0 Å². The number of hydrogen-bond donors (Lipinski definition) is 3. The lowest BCUT2D eigenvalue weighted by molar-refractivity contribution is -0.141. The third-order valence-electron chi connectivity index (χ3n) is 3.74. The molecular formula is C18H28ClN3O4. The number of carbonyl (C=O) groups is 3. The van der Waals surface area contributed by atoms with Gasteiger partial charge in [-0.1, -0.05) is 45.0 Å². The second-order valence-electron chi connectivity index (χ2n) is 6.75. The van der Waals surface area contributed by atoms with E-state index in [1.165, 1.54) is 7.11 Å². The van der Waals surface area contributed by atoms with Crippen LogP contribution in [-0.2, 0) is 24.5 Å². The molecule has 0 aliphatic rings. The zero-order valence-electron chi connectivity index (χ0n) is 15.6. The summed E-state index contributed by atoms with van der Waals surface area (Å²) >= 11 is 0. The highest BCUT2D eigenvalue weighted by atomic mass is 35.5. The van der Waals surface area contributed by atoms with Gasteiger partial charge in [-0.15, -0.1) is 12.4 Å². The molecule has 0 saturated heterocycles. The van der Waals surface area contributed by atoms with E-state index in [1.807, 2.05) is 24.3 Å². The van der Waals surface area contributed by atoms with E-state index >= 15 is 0 Å².